The van der Waals surface area contributed by atoms with Crippen LogP contribution in [-0.4, -0.2) is 18.4 Å². The number of para-hydroxylation sites is 1. The van der Waals surface area contributed by atoms with Crippen molar-refractivity contribution in [1.82, 2.24) is 5.32 Å². The van der Waals surface area contributed by atoms with Crippen LogP contribution in [0.3, 0.4) is 0 Å². The fourth-order valence-corrected chi connectivity index (χ4v) is 1.70. The highest BCUT2D eigenvalue weighted by atomic mass is 16.5. The van der Waals surface area contributed by atoms with Crippen LogP contribution in [0.2, 0.25) is 0 Å². The number of carbonyl (C=O) groups is 2. The van der Waals surface area contributed by atoms with E-state index in [1.54, 1.807) is 6.08 Å². The number of amides is 2. The van der Waals surface area contributed by atoms with Gasteiger partial charge < -0.3 is 4.74 Å². The van der Waals surface area contributed by atoms with E-state index in [4.69, 9.17) is 4.74 Å². The molecule has 0 spiro atoms. The fraction of sp³-hybridized carbons (Fsp3) is 0.231. The molecule has 17 heavy (non-hydrogen) atoms. The third-order valence-corrected chi connectivity index (χ3v) is 2.44. The van der Waals surface area contributed by atoms with Gasteiger partial charge in [-0.25, -0.2) is 0 Å². The van der Waals surface area contributed by atoms with E-state index in [0.717, 1.165) is 11.3 Å². The van der Waals surface area contributed by atoms with Crippen molar-refractivity contribution in [2.75, 3.05) is 6.61 Å². The molecule has 1 aromatic carbocycles. The number of carbonyl (C=O) groups excluding carboxylic acids is 2. The Morgan fingerprint density at radius 1 is 1.35 bits per heavy atom. The summed E-state index contributed by atoms with van der Waals surface area (Å²) in [5, 5.41) is 2.25. The van der Waals surface area contributed by atoms with Crippen LogP contribution in [0.4, 0.5) is 0 Å². The maximum Gasteiger partial charge on any atom is 0.254 e. The van der Waals surface area contributed by atoms with E-state index in [1.165, 1.54) is 0 Å². The second-order valence-electron chi connectivity index (χ2n) is 3.69. The van der Waals surface area contributed by atoms with Gasteiger partial charge in [0.2, 0.25) is 5.91 Å². The molecule has 0 aromatic heterocycles. The summed E-state index contributed by atoms with van der Waals surface area (Å²) in [6.45, 7) is 2.46. The topological polar surface area (TPSA) is 55.4 Å². The number of benzene rings is 1. The van der Waals surface area contributed by atoms with Gasteiger partial charge in [-0.3, -0.25) is 14.9 Å². The quantitative estimate of drug-likeness (QED) is 0.633. The van der Waals surface area contributed by atoms with Gasteiger partial charge in [0.05, 0.1) is 13.0 Å². The van der Waals surface area contributed by atoms with Crippen LogP contribution >= 0.6 is 0 Å². The van der Waals surface area contributed by atoms with Gasteiger partial charge in [-0.1, -0.05) is 18.2 Å². The van der Waals surface area contributed by atoms with Crippen LogP contribution in [0, 0.1) is 0 Å². The van der Waals surface area contributed by atoms with Crippen molar-refractivity contribution in [2.24, 2.45) is 0 Å². The Labute approximate surface area is 99.3 Å². The fourth-order valence-electron chi connectivity index (χ4n) is 1.70. The normalized spacial score (nSPS) is 17.4. The Hall–Kier alpha value is -2.10. The summed E-state index contributed by atoms with van der Waals surface area (Å²) >= 11 is 0. The number of imide groups is 1. The van der Waals surface area contributed by atoms with E-state index >= 15 is 0 Å². The summed E-state index contributed by atoms with van der Waals surface area (Å²) < 4.78 is 5.45. The SMILES string of the molecule is CCOc1ccccc1/C=C1\CC(=O)NC1=O. The highest BCUT2D eigenvalue weighted by molar-refractivity contribution is 6.15. The lowest BCUT2D eigenvalue weighted by Crippen LogP contribution is -2.19. The van der Waals surface area contributed by atoms with Gasteiger partial charge in [-0.05, 0) is 19.1 Å². The summed E-state index contributed by atoms with van der Waals surface area (Å²) in [6, 6.07) is 7.43. The monoisotopic (exact) mass is 231 g/mol. The first kappa shape index (κ1) is 11.4. The molecule has 88 valence electrons. The summed E-state index contributed by atoms with van der Waals surface area (Å²) in [7, 11) is 0. The lowest BCUT2D eigenvalue weighted by molar-refractivity contribution is -0.124. The number of rotatable bonds is 3. The average Bonchev–Trinajstić information content (AvgIpc) is 2.61. The molecule has 0 saturated carbocycles. The van der Waals surface area contributed by atoms with Gasteiger partial charge >= 0.3 is 0 Å². The van der Waals surface area contributed by atoms with Crippen molar-refractivity contribution >= 4 is 17.9 Å². The molecule has 2 rings (SSSR count). The van der Waals surface area contributed by atoms with Gasteiger partial charge in [-0.15, -0.1) is 0 Å². The molecular weight excluding hydrogens is 218 g/mol. The molecule has 0 atom stereocenters. The average molecular weight is 231 g/mol. The van der Waals surface area contributed by atoms with Gasteiger partial charge in [0, 0.05) is 11.1 Å². The Kier molecular flexibility index (Phi) is 3.23. The zero-order valence-electron chi connectivity index (χ0n) is 9.53. The van der Waals surface area contributed by atoms with E-state index in [-0.39, 0.29) is 18.2 Å². The molecule has 2 amide bonds. The Bertz CT molecular complexity index is 491. The molecule has 0 aliphatic carbocycles. The minimum absolute atomic E-state index is 0.138. The number of hydrogen-bond donors (Lipinski definition) is 1. The first-order valence-electron chi connectivity index (χ1n) is 5.47. The van der Waals surface area contributed by atoms with E-state index in [1.807, 2.05) is 31.2 Å². The Morgan fingerprint density at radius 3 is 2.76 bits per heavy atom. The van der Waals surface area contributed by atoms with Crippen molar-refractivity contribution in [3.63, 3.8) is 0 Å². The molecule has 1 saturated heterocycles. The van der Waals surface area contributed by atoms with Gasteiger partial charge in [-0.2, -0.15) is 0 Å². The van der Waals surface area contributed by atoms with Crippen LogP contribution in [-0.2, 0) is 9.59 Å². The van der Waals surface area contributed by atoms with Crippen molar-refractivity contribution in [3.05, 3.63) is 35.4 Å². The van der Waals surface area contributed by atoms with Crippen molar-refractivity contribution < 1.29 is 14.3 Å². The molecule has 0 bridgehead atoms. The molecule has 0 radical (unpaired) electrons. The van der Waals surface area contributed by atoms with Crippen LogP contribution in [0.5, 0.6) is 5.75 Å². The lowest BCUT2D eigenvalue weighted by atomic mass is 10.1. The maximum absolute atomic E-state index is 11.4. The molecule has 1 fully saturated rings. The Balaban J connectivity index is 2.32. The van der Waals surface area contributed by atoms with E-state index in [9.17, 15) is 9.59 Å². The second kappa shape index (κ2) is 4.82. The first-order chi connectivity index (χ1) is 8.20. The predicted octanol–water partition coefficient (Wildman–Crippen LogP) is 1.52. The Morgan fingerprint density at radius 2 is 2.12 bits per heavy atom. The second-order valence-corrected chi connectivity index (χ2v) is 3.69. The largest absolute Gasteiger partial charge is 0.493 e. The molecule has 1 N–H and O–H groups in total. The third-order valence-electron chi connectivity index (χ3n) is 2.44. The van der Waals surface area contributed by atoms with Crippen LogP contribution in [0.25, 0.3) is 6.08 Å². The van der Waals surface area contributed by atoms with Gasteiger partial charge in [0.15, 0.2) is 0 Å². The van der Waals surface area contributed by atoms with Gasteiger partial charge in [0.25, 0.3) is 5.91 Å². The first-order valence-corrected chi connectivity index (χ1v) is 5.47. The maximum atomic E-state index is 11.4. The minimum Gasteiger partial charge on any atom is -0.493 e. The smallest absolute Gasteiger partial charge is 0.254 e. The molecule has 4 nitrogen and oxygen atoms in total. The standard InChI is InChI=1S/C13H13NO3/c1-2-17-11-6-4-3-5-9(11)7-10-8-12(15)14-13(10)16/h3-7H,2,8H2,1H3,(H,14,15,16)/b10-7+. The number of nitrogens with one attached hydrogen (secondary N) is 1. The summed E-state index contributed by atoms with van der Waals surface area (Å²) in [5.74, 6) is 0.145. The van der Waals surface area contributed by atoms with Crippen molar-refractivity contribution in [2.45, 2.75) is 13.3 Å². The molecule has 0 unspecified atom stereocenters. The van der Waals surface area contributed by atoms with E-state index in [2.05, 4.69) is 5.32 Å². The van der Waals surface area contributed by atoms with Crippen molar-refractivity contribution in [1.29, 1.82) is 0 Å². The van der Waals surface area contributed by atoms with E-state index in [0.29, 0.717) is 12.2 Å². The molecule has 1 aromatic rings. The highest BCUT2D eigenvalue weighted by Gasteiger charge is 2.23. The van der Waals surface area contributed by atoms with Gasteiger partial charge in [0.1, 0.15) is 5.75 Å². The predicted molar refractivity (Wildman–Crippen MR) is 63.4 cm³/mol. The molecule has 1 aliphatic heterocycles. The molecule has 1 aliphatic rings. The number of ether oxygens (including phenoxy) is 1. The molecular formula is C13H13NO3. The summed E-state index contributed by atoms with van der Waals surface area (Å²) in [6.07, 6.45) is 1.84. The van der Waals surface area contributed by atoms with Crippen LogP contribution in [0.15, 0.2) is 29.8 Å². The number of hydrogen-bond acceptors (Lipinski definition) is 3. The minimum atomic E-state index is -0.318. The lowest BCUT2D eigenvalue weighted by Gasteiger charge is -2.06. The van der Waals surface area contributed by atoms with Crippen LogP contribution in [0.1, 0.15) is 18.9 Å². The summed E-state index contributed by atoms with van der Waals surface area (Å²) in [4.78, 5) is 22.5. The molecule has 4 heteroatoms. The van der Waals surface area contributed by atoms with E-state index < -0.39 is 0 Å². The van der Waals surface area contributed by atoms with Crippen LogP contribution < -0.4 is 10.1 Å². The third kappa shape index (κ3) is 2.53. The van der Waals surface area contributed by atoms with Crippen molar-refractivity contribution in [3.8, 4) is 5.75 Å². The summed E-state index contributed by atoms with van der Waals surface area (Å²) in [5.41, 5.74) is 1.29. The molecule has 1 heterocycles. The highest BCUT2D eigenvalue weighted by Crippen LogP contribution is 2.23. The zero-order chi connectivity index (χ0) is 12.3. The zero-order valence-corrected chi connectivity index (χ0v) is 9.53.